The van der Waals surface area contributed by atoms with Crippen LogP contribution >= 0.6 is 0 Å². The number of nitrogens with zero attached hydrogens (tertiary/aromatic N) is 1. The Labute approximate surface area is 129 Å². The summed E-state index contributed by atoms with van der Waals surface area (Å²) in [4.78, 5) is 11.3. The maximum atomic E-state index is 12.7. The van der Waals surface area contributed by atoms with Gasteiger partial charge < -0.3 is 10.3 Å². The van der Waals surface area contributed by atoms with Crippen molar-refractivity contribution in [2.75, 3.05) is 6.54 Å². The minimum absolute atomic E-state index is 0.0644. The van der Waals surface area contributed by atoms with E-state index in [0.717, 1.165) is 9.87 Å². The van der Waals surface area contributed by atoms with Gasteiger partial charge in [0.05, 0.1) is 10.9 Å². The molecular weight excluding hydrogens is 308 g/mol. The van der Waals surface area contributed by atoms with Crippen LogP contribution in [0.3, 0.4) is 0 Å². The highest BCUT2D eigenvalue weighted by Gasteiger charge is 2.37. The lowest BCUT2D eigenvalue weighted by Gasteiger charge is -2.31. The second kappa shape index (κ2) is 6.74. The van der Waals surface area contributed by atoms with Gasteiger partial charge in [0.2, 0.25) is 10.0 Å². The fourth-order valence-electron chi connectivity index (χ4n) is 2.58. The number of aliphatic carboxylic acids is 1. The van der Waals surface area contributed by atoms with Crippen LogP contribution in [-0.2, 0) is 14.8 Å². The van der Waals surface area contributed by atoms with Crippen molar-refractivity contribution in [2.24, 2.45) is 0 Å². The Balaban J connectivity index is 2.30. The number of nitrogens with one attached hydrogen (secondary N) is 1. The van der Waals surface area contributed by atoms with Crippen LogP contribution in [0.4, 0.5) is 0 Å². The standard InChI is InChI=1S/C14H20N2O5S/c1-10(15-19)11-5-7-12(8-6-11)22(20,21)16-9-3-2-4-13(16)14(17)18/h5-8,10,13,15,19H,2-4,9H2,1H3,(H,17,18). The summed E-state index contributed by atoms with van der Waals surface area (Å²) in [5.74, 6) is -1.11. The van der Waals surface area contributed by atoms with E-state index in [-0.39, 0.29) is 17.5 Å². The van der Waals surface area contributed by atoms with Gasteiger partial charge >= 0.3 is 5.97 Å². The molecule has 0 amide bonds. The summed E-state index contributed by atoms with van der Waals surface area (Å²) in [6.07, 6.45) is 1.70. The van der Waals surface area contributed by atoms with Crippen molar-refractivity contribution in [1.82, 2.24) is 9.79 Å². The van der Waals surface area contributed by atoms with E-state index < -0.39 is 22.0 Å². The molecule has 0 aliphatic carbocycles. The van der Waals surface area contributed by atoms with Crippen LogP contribution in [-0.4, -0.2) is 41.6 Å². The number of sulfonamides is 1. The molecule has 1 aliphatic rings. The highest BCUT2D eigenvalue weighted by atomic mass is 32.2. The van der Waals surface area contributed by atoms with Gasteiger partial charge in [0, 0.05) is 6.54 Å². The van der Waals surface area contributed by atoms with Gasteiger partial charge in [-0.2, -0.15) is 9.79 Å². The Morgan fingerprint density at radius 3 is 2.50 bits per heavy atom. The van der Waals surface area contributed by atoms with Gasteiger partial charge in [0.15, 0.2) is 0 Å². The first-order valence-electron chi connectivity index (χ1n) is 7.12. The van der Waals surface area contributed by atoms with E-state index in [1.54, 1.807) is 19.1 Å². The Morgan fingerprint density at radius 2 is 1.95 bits per heavy atom. The van der Waals surface area contributed by atoms with Crippen LogP contribution in [0.5, 0.6) is 0 Å². The molecule has 0 spiro atoms. The number of hydroxylamine groups is 1. The molecule has 7 nitrogen and oxygen atoms in total. The second-order valence-corrected chi connectivity index (χ2v) is 7.28. The molecule has 0 radical (unpaired) electrons. The predicted molar refractivity (Wildman–Crippen MR) is 78.9 cm³/mol. The Kier molecular flexibility index (Phi) is 5.17. The lowest BCUT2D eigenvalue weighted by molar-refractivity contribution is -0.142. The zero-order valence-corrected chi connectivity index (χ0v) is 13.1. The Morgan fingerprint density at radius 1 is 1.32 bits per heavy atom. The first-order valence-corrected chi connectivity index (χ1v) is 8.56. The molecule has 0 bridgehead atoms. The normalized spacial score (nSPS) is 21.5. The molecule has 2 rings (SSSR count). The number of piperidine rings is 1. The molecule has 1 aliphatic heterocycles. The van der Waals surface area contributed by atoms with Gasteiger partial charge in [-0.05, 0) is 43.9 Å². The SMILES string of the molecule is CC(NO)c1ccc(S(=O)(=O)N2CCCCC2C(=O)O)cc1. The summed E-state index contributed by atoms with van der Waals surface area (Å²) in [6.45, 7) is 1.95. The van der Waals surface area contributed by atoms with Gasteiger partial charge in [-0.25, -0.2) is 8.42 Å². The molecule has 1 saturated heterocycles. The van der Waals surface area contributed by atoms with E-state index in [1.165, 1.54) is 12.1 Å². The van der Waals surface area contributed by atoms with Crippen molar-refractivity contribution < 1.29 is 23.5 Å². The lowest BCUT2D eigenvalue weighted by atomic mass is 10.1. The van der Waals surface area contributed by atoms with E-state index in [0.29, 0.717) is 19.3 Å². The van der Waals surface area contributed by atoms with Crippen LogP contribution in [0, 0.1) is 0 Å². The molecule has 3 N–H and O–H groups in total. The Bertz CT molecular complexity index is 629. The monoisotopic (exact) mass is 328 g/mol. The van der Waals surface area contributed by atoms with Crippen LogP contribution < -0.4 is 5.48 Å². The van der Waals surface area contributed by atoms with Gasteiger partial charge in [0.25, 0.3) is 0 Å². The Hall–Kier alpha value is -1.48. The van der Waals surface area contributed by atoms with Crippen LogP contribution in [0.25, 0.3) is 0 Å². The van der Waals surface area contributed by atoms with Crippen molar-refractivity contribution in [1.29, 1.82) is 0 Å². The molecule has 1 fully saturated rings. The highest BCUT2D eigenvalue weighted by molar-refractivity contribution is 7.89. The maximum Gasteiger partial charge on any atom is 0.322 e. The van der Waals surface area contributed by atoms with E-state index in [1.807, 2.05) is 0 Å². The largest absolute Gasteiger partial charge is 0.480 e. The number of rotatable bonds is 5. The quantitative estimate of drug-likeness (QED) is 0.705. The van der Waals surface area contributed by atoms with Gasteiger partial charge in [-0.1, -0.05) is 12.1 Å². The number of carbonyl (C=O) groups is 1. The minimum atomic E-state index is -3.84. The molecular formula is C14H20N2O5S. The number of hydrogen-bond donors (Lipinski definition) is 3. The molecule has 8 heteroatoms. The fourth-order valence-corrected chi connectivity index (χ4v) is 4.23. The molecule has 22 heavy (non-hydrogen) atoms. The van der Waals surface area contributed by atoms with Crippen LogP contribution in [0.15, 0.2) is 29.2 Å². The first kappa shape index (κ1) is 16.9. The molecule has 2 atom stereocenters. The molecule has 0 saturated carbocycles. The zero-order chi connectivity index (χ0) is 16.3. The summed E-state index contributed by atoms with van der Waals surface area (Å²) in [7, 11) is -3.84. The van der Waals surface area contributed by atoms with E-state index in [9.17, 15) is 18.3 Å². The third kappa shape index (κ3) is 3.30. The van der Waals surface area contributed by atoms with Crippen molar-refractivity contribution >= 4 is 16.0 Å². The number of carboxylic acids is 1. The summed E-state index contributed by atoms with van der Waals surface area (Å²) in [5.41, 5.74) is 2.82. The third-order valence-corrected chi connectivity index (χ3v) is 5.84. The lowest BCUT2D eigenvalue weighted by Crippen LogP contribution is -2.47. The van der Waals surface area contributed by atoms with Crippen molar-refractivity contribution in [3.8, 4) is 0 Å². The van der Waals surface area contributed by atoms with E-state index >= 15 is 0 Å². The van der Waals surface area contributed by atoms with Crippen molar-refractivity contribution in [3.63, 3.8) is 0 Å². The van der Waals surface area contributed by atoms with Crippen LogP contribution in [0.2, 0.25) is 0 Å². The smallest absolute Gasteiger partial charge is 0.322 e. The number of hydrogen-bond acceptors (Lipinski definition) is 5. The zero-order valence-electron chi connectivity index (χ0n) is 12.3. The molecule has 2 unspecified atom stereocenters. The fraction of sp³-hybridized carbons (Fsp3) is 0.500. The predicted octanol–water partition coefficient (Wildman–Crippen LogP) is 1.35. The van der Waals surface area contributed by atoms with Gasteiger partial charge in [0.1, 0.15) is 6.04 Å². The molecule has 1 aromatic carbocycles. The van der Waals surface area contributed by atoms with Crippen molar-refractivity contribution in [3.05, 3.63) is 29.8 Å². The summed E-state index contributed by atoms with van der Waals surface area (Å²) in [6, 6.07) is 4.74. The molecule has 0 aromatic heterocycles. The van der Waals surface area contributed by atoms with E-state index in [2.05, 4.69) is 5.48 Å². The topological polar surface area (TPSA) is 107 Å². The summed E-state index contributed by atoms with van der Waals surface area (Å²) < 4.78 is 26.4. The highest BCUT2D eigenvalue weighted by Crippen LogP contribution is 2.26. The van der Waals surface area contributed by atoms with Crippen LogP contribution in [0.1, 0.15) is 37.8 Å². The summed E-state index contributed by atoms with van der Waals surface area (Å²) >= 11 is 0. The average molecular weight is 328 g/mol. The number of benzene rings is 1. The first-order chi connectivity index (χ1) is 10.4. The number of carboxylic acid groups (broad SMARTS) is 1. The minimum Gasteiger partial charge on any atom is -0.480 e. The molecule has 122 valence electrons. The summed E-state index contributed by atoms with van der Waals surface area (Å²) in [5, 5.41) is 18.1. The third-order valence-electron chi connectivity index (χ3n) is 3.92. The van der Waals surface area contributed by atoms with Gasteiger partial charge in [-0.3, -0.25) is 4.79 Å². The molecule has 1 heterocycles. The molecule has 1 aromatic rings. The average Bonchev–Trinajstić information content (AvgIpc) is 2.54. The second-order valence-electron chi connectivity index (χ2n) is 5.39. The van der Waals surface area contributed by atoms with E-state index in [4.69, 9.17) is 5.21 Å². The van der Waals surface area contributed by atoms with Gasteiger partial charge in [-0.15, -0.1) is 0 Å². The maximum absolute atomic E-state index is 12.7. The van der Waals surface area contributed by atoms with Crippen molar-refractivity contribution in [2.45, 2.75) is 43.2 Å².